The van der Waals surface area contributed by atoms with Crippen molar-refractivity contribution in [3.63, 3.8) is 0 Å². The Morgan fingerprint density at radius 2 is 1.81 bits per heavy atom. The van der Waals surface area contributed by atoms with Crippen molar-refractivity contribution < 1.29 is 9.53 Å². The molecule has 0 unspecified atom stereocenters. The van der Waals surface area contributed by atoms with Gasteiger partial charge in [0.1, 0.15) is 5.75 Å². The molecule has 1 fully saturated rings. The van der Waals surface area contributed by atoms with E-state index in [9.17, 15) is 4.79 Å². The minimum atomic E-state index is -0.0967. The third-order valence-electron chi connectivity index (χ3n) is 5.50. The molecule has 0 atom stereocenters. The van der Waals surface area contributed by atoms with Crippen molar-refractivity contribution in [1.29, 1.82) is 0 Å². The van der Waals surface area contributed by atoms with E-state index in [0.29, 0.717) is 23.9 Å². The Hall–Kier alpha value is -2.02. The number of amides is 1. The van der Waals surface area contributed by atoms with E-state index in [1.807, 2.05) is 24.3 Å². The second-order valence-electron chi connectivity index (χ2n) is 7.04. The number of nitrogens with one attached hydrogen (secondary N) is 2. The molecule has 0 saturated heterocycles. The highest BCUT2D eigenvalue weighted by atomic mass is 32.2. The van der Waals surface area contributed by atoms with Gasteiger partial charge >= 0.3 is 0 Å². The van der Waals surface area contributed by atoms with E-state index >= 15 is 0 Å². The standard InChI is InChI=1S/C21H27N3O2S/c1-26-19-10-6-5-9-18(19)20(25)23-15-21(16-7-3-2-4-8-16)13-11-17(12-14-21)24-27-22/h2-10,17,24H,11-15,22H2,1H3,(H,23,25). The quantitative estimate of drug-likeness (QED) is 0.637. The molecule has 0 aliphatic heterocycles. The predicted octanol–water partition coefficient (Wildman–Crippen LogP) is 3.42. The van der Waals surface area contributed by atoms with Crippen LogP contribution in [0.4, 0.5) is 0 Å². The van der Waals surface area contributed by atoms with Crippen LogP contribution in [-0.4, -0.2) is 25.6 Å². The highest BCUT2D eigenvalue weighted by molar-refractivity contribution is 7.95. The molecule has 6 heteroatoms. The summed E-state index contributed by atoms with van der Waals surface area (Å²) in [5.41, 5.74) is 1.79. The second-order valence-corrected chi connectivity index (χ2v) is 7.51. The number of hydrogen-bond acceptors (Lipinski definition) is 5. The Kier molecular flexibility index (Phi) is 6.77. The van der Waals surface area contributed by atoms with Crippen LogP contribution in [0.15, 0.2) is 54.6 Å². The Morgan fingerprint density at radius 3 is 2.48 bits per heavy atom. The largest absolute Gasteiger partial charge is 0.496 e. The molecule has 2 aromatic rings. The SMILES string of the molecule is COc1ccccc1C(=O)NCC1(c2ccccc2)CCC(NSN)CC1. The van der Waals surface area contributed by atoms with Gasteiger partial charge in [-0.05, 0) is 43.4 Å². The molecule has 0 radical (unpaired) electrons. The summed E-state index contributed by atoms with van der Waals surface area (Å²) >= 11 is 1.19. The normalized spacial score (nSPS) is 22.2. The third kappa shape index (κ3) is 4.64. The van der Waals surface area contributed by atoms with Crippen molar-refractivity contribution in [3.05, 3.63) is 65.7 Å². The van der Waals surface area contributed by atoms with Crippen LogP contribution in [0.2, 0.25) is 0 Å². The maximum Gasteiger partial charge on any atom is 0.255 e. The monoisotopic (exact) mass is 385 g/mol. The van der Waals surface area contributed by atoms with E-state index in [-0.39, 0.29) is 11.3 Å². The van der Waals surface area contributed by atoms with Crippen molar-refractivity contribution in [1.82, 2.24) is 10.0 Å². The lowest BCUT2D eigenvalue weighted by Crippen LogP contribution is -2.46. The molecule has 3 rings (SSSR count). The summed E-state index contributed by atoms with van der Waals surface area (Å²) in [6.07, 6.45) is 4.07. The lowest BCUT2D eigenvalue weighted by molar-refractivity contribution is 0.0932. The van der Waals surface area contributed by atoms with Crippen molar-refractivity contribution in [2.75, 3.05) is 13.7 Å². The van der Waals surface area contributed by atoms with E-state index in [2.05, 4.69) is 34.3 Å². The molecule has 2 aromatic carbocycles. The number of nitrogens with two attached hydrogens (primary N) is 1. The van der Waals surface area contributed by atoms with Crippen LogP contribution in [0.1, 0.15) is 41.6 Å². The predicted molar refractivity (Wildman–Crippen MR) is 111 cm³/mol. The Labute approximate surface area is 165 Å². The fourth-order valence-corrected chi connectivity index (χ4v) is 4.35. The maximum atomic E-state index is 12.8. The second kappa shape index (κ2) is 9.26. The van der Waals surface area contributed by atoms with Gasteiger partial charge in [-0.3, -0.25) is 9.93 Å². The average molecular weight is 386 g/mol. The number of rotatable bonds is 7. The number of methoxy groups -OCH3 is 1. The molecular weight excluding hydrogens is 358 g/mol. The number of benzene rings is 2. The van der Waals surface area contributed by atoms with Gasteiger partial charge in [-0.25, -0.2) is 4.72 Å². The van der Waals surface area contributed by atoms with Gasteiger partial charge in [0.15, 0.2) is 0 Å². The lowest BCUT2D eigenvalue weighted by atomic mass is 9.68. The molecule has 0 aromatic heterocycles. The molecule has 1 aliphatic carbocycles. The highest BCUT2D eigenvalue weighted by Gasteiger charge is 2.37. The van der Waals surface area contributed by atoms with Crippen LogP contribution in [0.3, 0.4) is 0 Å². The summed E-state index contributed by atoms with van der Waals surface area (Å²) < 4.78 is 8.60. The summed E-state index contributed by atoms with van der Waals surface area (Å²) in [5, 5.41) is 8.73. The van der Waals surface area contributed by atoms with E-state index < -0.39 is 0 Å². The van der Waals surface area contributed by atoms with Gasteiger partial charge in [-0.2, -0.15) is 0 Å². The smallest absolute Gasteiger partial charge is 0.255 e. The zero-order chi connectivity index (χ0) is 19.1. The van der Waals surface area contributed by atoms with Gasteiger partial charge in [0.2, 0.25) is 0 Å². The van der Waals surface area contributed by atoms with E-state index in [0.717, 1.165) is 25.7 Å². The Balaban J connectivity index is 1.76. The van der Waals surface area contributed by atoms with Crippen molar-refractivity contribution in [3.8, 4) is 5.75 Å². The maximum absolute atomic E-state index is 12.8. The molecule has 0 spiro atoms. The Bertz CT molecular complexity index is 746. The topological polar surface area (TPSA) is 76.4 Å². The first-order valence-corrected chi connectivity index (χ1v) is 10.1. The summed E-state index contributed by atoms with van der Waals surface area (Å²) in [4.78, 5) is 12.8. The summed E-state index contributed by atoms with van der Waals surface area (Å²) in [6.45, 7) is 0.608. The van der Waals surface area contributed by atoms with Gasteiger partial charge in [0.25, 0.3) is 5.91 Å². The molecule has 27 heavy (non-hydrogen) atoms. The van der Waals surface area contributed by atoms with Crippen LogP contribution in [0, 0.1) is 0 Å². The molecule has 1 aliphatic rings. The zero-order valence-electron chi connectivity index (χ0n) is 15.6. The van der Waals surface area contributed by atoms with Crippen LogP contribution >= 0.6 is 12.1 Å². The molecule has 1 amide bonds. The van der Waals surface area contributed by atoms with Gasteiger partial charge in [-0.1, -0.05) is 42.5 Å². The van der Waals surface area contributed by atoms with Crippen molar-refractivity contribution >= 4 is 18.0 Å². The van der Waals surface area contributed by atoms with Gasteiger partial charge in [-0.15, -0.1) is 0 Å². The fraction of sp³-hybridized carbons (Fsp3) is 0.381. The first-order valence-electron chi connectivity index (χ1n) is 9.26. The zero-order valence-corrected chi connectivity index (χ0v) is 16.4. The van der Waals surface area contributed by atoms with Crippen molar-refractivity contribution in [2.24, 2.45) is 5.14 Å². The van der Waals surface area contributed by atoms with Gasteiger partial charge in [0, 0.05) is 30.1 Å². The number of carbonyl (C=O) groups is 1. The average Bonchev–Trinajstić information content (AvgIpc) is 2.74. The van der Waals surface area contributed by atoms with E-state index in [1.54, 1.807) is 13.2 Å². The van der Waals surface area contributed by atoms with E-state index in [4.69, 9.17) is 9.88 Å². The van der Waals surface area contributed by atoms with Crippen molar-refractivity contribution in [2.45, 2.75) is 37.1 Å². The van der Waals surface area contributed by atoms with Crippen LogP contribution in [0.25, 0.3) is 0 Å². The molecule has 4 N–H and O–H groups in total. The summed E-state index contributed by atoms with van der Waals surface area (Å²) in [6, 6.07) is 18.2. The number of ether oxygens (including phenoxy) is 1. The summed E-state index contributed by atoms with van der Waals surface area (Å²) in [7, 11) is 1.58. The molecule has 0 bridgehead atoms. The van der Waals surface area contributed by atoms with E-state index in [1.165, 1.54) is 17.7 Å². The molecule has 5 nitrogen and oxygen atoms in total. The first kappa shape index (κ1) is 19.7. The third-order valence-corrected chi connectivity index (χ3v) is 5.97. The fourth-order valence-electron chi connectivity index (χ4n) is 3.92. The molecule has 144 valence electrons. The van der Waals surface area contributed by atoms with Crippen LogP contribution in [-0.2, 0) is 5.41 Å². The number of carbonyl (C=O) groups excluding carboxylic acids is 1. The highest BCUT2D eigenvalue weighted by Crippen LogP contribution is 2.39. The van der Waals surface area contributed by atoms with Crippen LogP contribution < -0.4 is 19.9 Å². The minimum Gasteiger partial charge on any atom is -0.496 e. The first-order chi connectivity index (χ1) is 13.2. The summed E-state index contributed by atoms with van der Waals surface area (Å²) in [5.74, 6) is 0.497. The Morgan fingerprint density at radius 1 is 1.15 bits per heavy atom. The number of para-hydroxylation sites is 1. The van der Waals surface area contributed by atoms with Crippen LogP contribution in [0.5, 0.6) is 5.75 Å². The molecular formula is C21H27N3O2S. The molecule has 1 saturated carbocycles. The van der Waals surface area contributed by atoms with Gasteiger partial charge in [0.05, 0.1) is 12.7 Å². The lowest BCUT2D eigenvalue weighted by Gasteiger charge is -2.41. The number of hydrogen-bond donors (Lipinski definition) is 3. The molecule has 0 heterocycles. The van der Waals surface area contributed by atoms with Gasteiger partial charge < -0.3 is 10.1 Å². The minimum absolute atomic E-state index is 0.0591.